The summed E-state index contributed by atoms with van der Waals surface area (Å²) in [5.74, 6) is -0.192. The van der Waals surface area contributed by atoms with Crippen molar-refractivity contribution in [3.63, 3.8) is 0 Å². The summed E-state index contributed by atoms with van der Waals surface area (Å²) in [6.07, 6.45) is 6.90. The molecule has 1 heterocycles. The average molecular weight is 436 g/mol. The first-order valence-corrected chi connectivity index (χ1v) is 11.5. The number of hydrogen-bond acceptors (Lipinski definition) is 6. The molecule has 0 aliphatic rings. The predicted octanol–water partition coefficient (Wildman–Crippen LogP) is 3.12. The lowest BCUT2D eigenvalue weighted by atomic mass is 9.99. The number of pyridine rings is 1. The lowest BCUT2D eigenvalue weighted by molar-refractivity contribution is 0.598. The van der Waals surface area contributed by atoms with Crippen LogP contribution in [0.5, 0.6) is 0 Å². The van der Waals surface area contributed by atoms with Crippen molar-refractivity contribution >= 4 is 21.4 Å². The zero-order valence-corrected chi connectivity index (χ0v) is 17.8. The Labute approximate surface area is 182 Å². The lowest BCUT2D eigenvalue weighted by Gasteiger charge is -2.13. The SMILES string of the molecule is N=C(/C=C\NCc1cccnc1)c1cc(-c2ccccc2)ccc1NCCS(N)(=O)=O. The summed E-state index contributed by atoms with van der Waals surface area (Å²) in [6.45, 7) is 0.758. The Balaban J connectivity index is 1.77. The second-order valence-corrected chi connectivity index (χ2v) is 8.64. The van der Waals surface area contributed by atoms with Gasteiger partial charge in [0.25, 0.3) is 0 Å². The number of sulfonamides is 1. The molecule has 8 heteroatoms. The highest BCUT2D eigenvalue weighted by Crippen LogP contribution is 2.26. The maximum Gasteiger partial charge on any atom is 0.210 e. The zero-order chi connectivity index (χ0) is 22.1. The zero-order valence-electron chi connectivity index (χ0n) is 17.0. The van der Waals surface area contributed by atoms with E-state index in [0.717, 1.165) is 16.7 Å². The molecule has 0 saturated heterocycles. The average Bonchev–Trinajstić information content (AvgIpc) is 2.77. The Morgan fingerprint density at radius 3 is 2.58 bits per heavy atom. The first kappa shape index (κ1) is 22.2. The Kier molecular flexibility index (Phi) is 7.53. The molecule has 3 rings (SSSR count). The van der Waals surface area contributed by atoms with Gasteiger partial charge in [-0.15, -0.1) is 0 Å². The van der Waals surface area contributed by atoms with Gasteiger partial charge in [-0.25, -0.2) is 13.6 Å². The van der Waals surface area contributed by atoms with Crippen LogP contribution in [0, 0.1) is 5.41 Å². The number of nitrogens with two attached hydrogens (primary N) is 1. The van der Waals surface area contributed by atoms with Gasteiger partial charge in [-0.05, 0) is 47.2 Å². The fourth-order valence-electron chi connectivity index (χ4n) is 2.97. The molecule has 0 unspecified atom stereocenters. The number of nitrogens with one attached hydrogen (secondary N) is 3. The van der Waals surface area contributed by atoms with Crippen LogP contribution in [0.3, 0.4) is 0 Å². The van der Waals surface area contributed by atoms with E-state index < -0.39 is 10.0 Å². The number of hydrogen-bond donors (Lipinski definition) is 4. The van der Waals surface area contributed by atoms with E-state index in [-0.39, 0.29) is 18.0 Å². The van der Waals surface area contributed by atoms with E-state index in [1.165, 1.54) is 0 Å². The molecular formula is C23H25N5O2S. The molecule has 0 aliphatic carbocycles. The molecule has 0 radical (unpaired) electrons. The minimum Gasteiger partial charge on any atom is -0.387 e. The van der Waals surface area contributed by atoms with E-state index in [9.17, 15) is 8.42 Å². The van der Waals surface area contributed by atoms with Crippen molar-refractivity contribution in [2.24, 2.45) is 5.14 Å². The summed E-state index contributed by atoms with van der Waals surface area (Å²) >= 11 is 0. The van der Waals surface area contributed by atoms with Crippen LogP contribution in [0.4, 0.5) is 5.69 Å². The van der Waals surface area contributed by atoms with Gasteiger partial charge in [0.2, 0.25) is 10.0 Å². The number of rotatable bonds is 10. The van der Waals surface area contributed by atoms with Crippen LogP contribution in [-0.4, -0.2) is 31.4 Å². The van der Waals surface area contributed by atoms with Crippen LogP contribution < -0.4 is 15.8 Å². The highest BCUT2D eigenvalue weighted by molar-refractivity contribution is 7.89. The third kappa shape index (κ3) is 7.06. The van der Waals surface area contributed by atoms with Crippen molar-refractivity contribution in [1.29, 1.82) is 5.41 Å². The molecule has 5 N–H and O–H groups in total. The number of nitrogens with zero attached hydrogens (tertiary/aromatic N) is 1. The third-order valence-corrected chi connectivity index (χ3v) is 5.29. The molecule has 3 aromatic rings. The Hall–Kier alpha value is -3.49. The summed E-state index contributed by atoms with van der Waals surface area (Å²) in [5.41, 5.74) is 4.66. The van der Waals surface area contributed by atoms with Crippen LogP contribution in [0.1, 0.15) is 11.1 Å². The van der Waals surface area contributed by atoms with E-state index in [4.69, 9.17) is 10.5 Å². The summed E-state index contributed by atoms with van der Waals surface area (Å²) in [5, 5.41) is 19.9. The minimum absolute atomic E-state index is 0.159. The van der Waals surface area contributed by atoms with Gasteiger partial charge < -0.3 is 16.0 Å². The van der Waals surface area contributed by atoms with Gasteiger partial charge >= 0.3 is 0 Å². The fraction of sp³-hybridized carbons (Fsp3) is 0.130. The number of benzene rings is 2. The van der Waals surface area contributed by atoms with Gasteiger partial charge in [0.15, 0.2) is 0 Å². The van der Waals surface area contributed by atoms with Crippen LogP contribution in [0.25, 0.3) is 11.1 Å². The second kappa shape index (κ2) is 10.5. The van der Waals surface area contributed by atoms with Crippen molar-refractivity contribution < 1.29 is 8.42 Å². The molecule has 0 atom stereocenters. The highest BCUT2D eigenvalue weighted by atomic mass is 32.2. The third-order valence-electron chi connectivity index (χ3n) is 4.52. The molecule has 0 saturated carbocycles. The number of allylic oxidation sites excluding steroid dienone is 1. The van der Waals surface area contributed by atoms with E-state index in [2.05, 4.69) is 15.6 Å². The molecule has 0 bridgehead atoms. The Bertz CT molecular complexity index is 1150. The number of primary sulfonamides is 1. The van der Waals surface area contributed by atoms with Gasteiger partial charge in [-0.3, -0.25) is 4.98 Å². The normalized spacial score (nSPS) is 11.4. The van der Waals surface area contributed by atoms with Gasteiger partial charge in [0.1, 0.15) is 0 Å². The van der Waals surface area contributed by atoms with Gasteiger partial charge in [-0.2, -0.15) is 0 Å². The molecule has 0 fully saturated rings. The largest absolute Gasteiger partial charge is 0.387 e. The van der Waals surface area contributed by atoms with Crippen LogP contribution in [-0.2, 0) is 16.6 Å². The first-order chi connectivity index (χ1) is 14.9. The van der Waals surface area contributed by atoms with Crippen LogP contribution in [0.2, 0.25) is 0 Å². The molecule has 1 aromatic heterocycles. The van der Waals surface area contributed by atoms with Crippen molar-refractivity contribution in [3.8, 4) is 11.1 Å². The maximum absolute atomic E-state index is 11.2. The fourth-order valence-corrected chi connectivity index (χ4v) is 3.36. The minimum atomic E-state index is -3.57. The summed E-state index contributed by atoms with van der Waals surface area (Å²) < 4.78 is 22.5. The quantitative estimate of drug-likeness (QED) is 0.365. The number of aromatic nitrogens is 1. The standard InChI is InChI=1S/C23H25N5O2S/c24-22(10-12-27-17-18-5-4-11-26-16-18)21-15-20(19-6-2-1-3-7-19)8-9-23(21)28-13-14-31(25,29)30/h1-12,15-16,24,27-28H,13-14,17H2,(H2,25,29,30)/b12-10-,24-22?. The van der Waals surface area contributed by atoms with Crippen molar-refractivity contribution in [1.82, 2.24) is 10.3 Å². The van der Waals surface area contributed by atoms with E-state index in [0.29, 0.717) is 17.8 Å². The number of anilines is 1. The monoisotopic (exact) mass is 435 g/mol. The molecule has 31 heavy (non-hydrogen) atoms. The summed E-state index contributed by atoms with van der Waals surface area (Å²) in [6, 6.07) is 19.4. The van der Waals surface area contributed by atoms with E-state index in [1.807, 2.05) is 60.7 Å². The Morgan fingerprint density at radius 2 is 1.87 bits per heavy atom. The summed E-state index contributed by atoms with van der Waals surface area (Å²) in [4.78, 5) is 4.08. The molecule has 0 amide bonds. The van der Waals surface area contributed by atoms with E-state index in [1.54, 1.807) is 24.7 Å². The van der Waals surface area contributed by atoms with Crippen molar-refractivity contribution in [2.75, 3.05) is 17.6 Å². The van der Waals surface area contributed by atoms with Gasteiger partial charge in [-0.1, -0.05) is 42.5 Å². The molecule has 2 aromatic carbocycles. The smallest absolute Gasteiger partial charge is 0.210 e. The first-order valence-electron chi connectivity index (χ1n) is 9.74. The summed E-state index contributed by atoms with van der Waals surface area (Å²) in [7, 11) is -3.57. The van der Waals surface area contributed by atoms with Gasteiger partial charge in [0.05, 0.1) is 11.5 Å². The topological polar surface area (TPSA) is 121 Å². The predicted molar refractivity (Wildman–Crippen MR) is 125 cm³/mol. The molecular weight excluding hydrogens is 410 g/mol. The van der Waals surface area contributed by atoms with Crippen molar-refractivity contribution in [3.05, 3.63) is 96.5 Å². The lowest BCUT2D eigenvalue weighted by Crippen LogP contribution is -2.22. The van der Waals surface area contributed by atoms with E-state index >= 15 is 0 Å². The maximum atomic E-state index is 11.2. The molecule has 0 aliphatic heterocycles. The molecule has 0 spiro atoms. The van der Waals surface area contributed by atoms with Crippen LogP contribution >= 0.6 is 0 Å². The van der Waals surface area contributed by atoms with Crippen LogP contribution in [0.15, 0.2) is 85.3 Å². The second-order valence-electron chi connectivity index (χ2n) is 6.91. The molecule has 7 nitrogen and oxygen atoms in total. The highest BCUT2D eigenvalue weighted by Gasteiger charge is 2.10. The Morgan fingerprint density at radius 1 is 1.06 bits per heavy atom. The van der Waals surface area contributed by atoms with Crippen molar-refractivity contribution in [2.45, 2.75) is 6.54 Å². The van der Waals surface area contributed by atoms with Gasteiger partial charge in [0, 0.05) is 36.7 Å². The molecule has 160 valence electrons.